The molecular weight excluding hydrogens is 245 g/mol. The third-order valence-corrected chi connectivity index (χ3v) is 3.76. The van der Waals surface area contributed by atoms with E-state index in [1.54, 1.807) is 4.90 Å². The van der Waals surface area contributed by atoms with Crippen molar-refractivity contribution in [3.8, 4) is 0 Å². The van der Waals surface area contributed by atoms with E-state index in [1.165, 1.54) is 12.1 Å². The summed E-state index contributed by atoms with van der Waals surface area (Å²) in [6, 6.07) is 6.60. The van der Waals surface area contributed by atoms with Gasteiger partial charge in [-0.05, 0) is 49.3 Å². The third-order valence-electron chi connectivity index (χ3n) is 3.76. The number of nitrogens with zero attached hydrogens (tertiary/aromatic N) is 1. The number of piperidine rings is 1. The Morgan fingerprint density at radius 3 is 2.79 bits per heavy atom. The molecule has 1 unspecified atom stereocenters. The molecule has 1 amide bonds. The minimum absolute atomic E-state index is 0.175. The van der Waals surface area contributed by atoms with Gasteiger partial charge in [0.05, 0.1) is 0 Å². The molecule has 1 N–H and O–H groups in total. The molecule has 3 nitrogen and oxygen atoms in total. The number of aliphatic hydroxyl groups is 1. The van der Waals surface area contributed by atoms with Gasteiger partial charge in [-0.3, -0.25) is 4.79 Å². The van der Waals surface area contributed by atoms with E-state index in [2.05, 4.69) is 0 Å². The van der Waals surface area contributed by atoms with Crippen LogP contribution in [-0.2, 0) is 11.2 Å². The number of carbonyl (C=O) groups is 1. The maximum atomic E-state index is 12.8. The average molecular weight is 265 g/mol. The number of benzene rings is 1. The first-order chi connectivity index (χ1) is 9.19. The van der Waals surface area contributed by atoms with Gasteiger partial charge in [0, 0.05) is 13.1 Å². The molecule has 1 aliphatic heterocycles. The highest BCUT2D eigenvalue weighted by molar-refractivity contribution is 5.77. The van der Waals surface area contributed by atoms with Crippen molar-refractivity contribution in [2.75, 3.05) is 19.7 Å². The zero-order valence-corrected chi connectivity index (χ0v) is 11.0. The minimum atomic E-state index is -0.398. The molecule has 1 fully saturated rings. The molecular formula is C15H20FNO2. The maximum absolute atomic E-state index is 12.8. The zero-order valence-electron chi connectivity index (χ0n) is 11.0. The van der Waals surface area contributed by atoms with Gasteiger partial charge >= 0.3 is 0 Å². The van der Waals surface area contributed by atoms with E-state index in [0.29, 0.717) is 5.92 Å². The Hall–Kier alpha value is -1.42. The lowest BCUT2D eigenvalue weighted by Crippen LogP contribution is -2.41. The molecule has 1 aromatic rings. The molecule has 0 aliphatic carbocycles. The van der Waals surface area contributed by atoms with E-state index in [4.69, 9.17) is 5.11 Å². The molecule has 104 valence electrons. The van der Waals surface area contributed by atoms with Crippen molar-refractivity contribution in [1.82, 2.24) is 4.90 Å². The number of likely N-dealkylation sites (tertiary alicyclic amines) is 1. The second-order valence-corrected chi connectivity index (χ2v) is 5.17. The topological polar surface area (TPSA) is 40.5 Å². The molecule has 0 spiro atoms. The summed E-state index contributed by atoms with van der Waals surface area (Å²) < 4.78 is 12.8. The largest absolute Gasteiger partial charge is 0.387 e. The van der Waals surface area contributed by atoms with E-state index in [0.717, 1.165) is 44.3 Å². The summed E-state index contributed by atoms with van der Waals surface area (Å²) in [7, 11) is 0. The lowest BCUT2D eigenvalue weighted by molar-refractivity contribution is -0.136. The highest BCUT2D eigenvalue weighted by Gasteiger charge is 2.22. The highest BCUT2D eigenvalue weighted by Crippen LogP contribution is 2.21. The van der Waals surface area contributed by atoms with Crippen molar-refractivity contribution >= 4 is 5.91 Å². The van der Waals surface area contributed by atoms with E-state index in [-0.39, 0.29) is 11.7 Å². The predicted molar refractivity (Wildman–Crippen MR) is 71.1 cm³/mol. The summed E-state index contributed by atoms with van der Waals surface area (Å²) >= 11 is 0. The fraction of sp³-hybridized carbons (Fsp3) is 0.533. The molecule has 1 aromatic carbocycles. The van der Waals surface area contributed by atoms with Crippen molar-refractivity contribution in [1.29, 1.82) is 0 Å². The normalized spacial score (nSPS) is 19.5. The van der Waals surface area contributed by atoms with Crippen LogP contribution in [0.15, 0.2) is 24.3 Å². The van der Waals surface area contributed by atoms with Gasteiger partial charge < -0.3 is 10.0 Å². The Labute approximate surface area is 113 Å². The van der Waals surface area contributed by atoms with Crippen LogP contribution in [-0.4, -0.2) is 35.6 Å². The van der Waals surface area contributed by atoms with E-state index in [1.807, 2.05) is 12.1 Å². The van der Waals surface area contributed by atoms with Gasteiger partial charge in [0.15, 0.2) is 0 Å². The minimum Gasteiger partial charge on any atom is -0.387 e. The third kappa shape index (κ3) is 4.03. The molecule has 1 atom stereocenters. The Morgan fingerprint density at radius 2 is 2.11 bits per heavy atom. The van der Waals surface area contributed by atoms with E-state index >= 15 is 0 Å². The summed E-state index contributed by atoms with van der Waals surface area (Å²) in [5.74, 6) is 0.0990. The van der Waals surface area contributed by atoms with Crippen LogP contribution < -0.4 is 0 Å². The lowest BCUT2D eigenvalue weighted by atomic mass is 9.91. The van der Waals surface area contributed by atoms with E-state index < -0.39 is 6.61 Å². The second kappa shape index (κ2) is 6.66. The van der Waals surface area contributed by atoms with Gasteiger partial charge in [0.2, 0.25) is 5.91 Å². The molecule has 0 aromatic heterocycles. The Morgan fingerprint density at radius 1 is 1.37 bits per heavy atom. The van der Waals surface area contributed by atoms with Gasteiger partial charge in [0.1, 0.15) is 12.4 Å². The van der Waals surface area contributed by atoms with Crippen molar-refractivity contribution in [2.24, 2.45) is 5.92 Å². The fourth-order valence-electron chi connectivity index (χ4n) is 2.65. The Kier molecular flexibility index (Phi) is 4.91. The van der Waals surface area contributed by atoms with Crippen LogP contribution in [0.1, 0.15) is 24.8 Å². The molecule has 0 bridgehead atoms. The van der Waals surface area contributed by atoms with Gasteiger partial charge in [-0.25, -0.2) is 4.39 Å². The molecule has 1 heterocycles. The van der Waals surface area contributed by atoms with Crippen molar-refractivity contribution in [3.63, 3.8) is 0 Å². The summed E-state index contributed by atoms with van der Waals surface area (Å²) in [4.78, 5) is 13.2. The second-order valence-electron chi connectivity index (χ2n) is 5.17. The number of rotatable bonds is 4. The van der Waals surface area contributed by atoms with Crippen LogP contribution in [0.5, 0.6) is 0 Å². The zero-order chi connectivity index (χ0) is 13.7. The first kappa shape index (κ1) is 14.0. The summed E-state index contributed by atoms with van der Waals surface area (Å²) in [6.45, 7) is 1.09. The number of hydrogen-bond donors (Lipinski definition) is 1. The van der Waals surface area contributed by atoms with Crippen molar-refractivity contribution in [3.05, 3.63) is 35.6 Å². The molecule has 1 saturated heterocycles. The number of aliphatic hydroxyl groups excluding tert-OH is 1. The smallest absolute Gasteiger partial charge is 0.248 e. The van der Waals surface area contributed by atoms with Crippen LogP contribution in [0.2, 0.25) is 0 Å². The van der Waals surface area contributed by atoms with Gasteiger partial charge in [-0.15, -0.1) is 0 Å². The molecule has 4 heteroatoms. The fourth-order valence-corrected chi connectivity index (χ4v) is 2.65. The maximum Gasteiger partial charge on any atom is 0.248 e. The van der Waals surface area contributed by atoms with Crippen LogP contribution in [0.4, 0.5) is 4.39 Å². The standard InChI is InChI=1S/C15H20FNO2/c16-14-7-5-12(6-8-14)3-4-13-2-1-9-17(10-13)15(19)11-18/h5-8,13,18H,1-4,9-11H2. The number of hydrogen-bond acceptors (Lipinski definition) is 2. The monoisotopic (exact) mass is 265 g/mol. The van der Waals surface area contributed by atoms with Crippen molar-refractivity contribution in [2.45, 2.75) is 25.7 Å². The van der Waals surface area contributed by atoms with Gasteiger partial charge in [-0.1, -0.05) is 12.1 Å². The predicted octanol–water partition coefficient (Wildman–Crippen LogP) is 1.99. The summed E-state index contributed by atoms with van der Waals surface area (Å²) in [5.41, 5.74) is 1.13. The Bertz CT molecular complexity index is 419. The SMILES string of the molecule is O=C(CO)N1CCCC(CCc2ccc(F)cc2)C1. The quantitative estimate of drug-likeness (QED) is 0.904. The molecule has 1 aliphatic rings. The average Bonchev–Trinajstić information content (AvgIpc) is 2.46. The van der Waals surface area contributed by atoms with Crippen LogP contribution in [0, 0.1) is 11.7 Å². The number of amides is 1. The van der Waals surface area contributed by atoms with Crippen LogP contribution in [0.25, 0.3) is 0 Å². The van der Waals surface area contributed by atoms with Crippen molar-refractivity contribution < 1.29 is 14.3 Å². The number of aryl methyl sites for hydroxylation is 1. The molecule has 0 saturated carbocycles. The summed E-state index contributed by atoms with van der Waals surface area (Å²) in [5, 5.41) is 8.88. The van der Waals surface area contributed by atoms with Gasteiger partial charge in [0.25, 0.3) is 0 Å². The lowest BCUT2D eigenvalue weighted by Gasteiger charge is -2.32. The molecule has 19 heavy (non-hydrogen) atoms. The first-order valence-electron chi connectivity index (χ1n) is 6.82. The number of carbonyl (C=O) groups excluding carboxylic acids is 1. The van der Waals surface area contributed by atoms with Crippen LogP contribution in [0.3, 0.4) is 0 Å². The van der Waals surface area contributed by atoms with Gasteiger partial charge in [-0.2, -0.15) is 0 Å². The van der Waals surface area contributed by atoms with Crippen LogP contribution >= 0.6 is 0 Å². The number of halogens is 1. The molecule has 2 rings (SSSR count). The highest BCUT2D eigenvalue weighted by atomic mass is 19.1. The molecule has 0 radical (unpaired) electrons. The Balaban J connectivity index is 1.82. The summed E-state index contributed by atoms with van der Waals surface area (Å²) in [6.07, 6.45) is 4.03. The van der Waals surface area contributed by atoms with E-state index in [9.17, 15) is 9.18 Å². The first-order valence-corrected chi connectivity index (χ1v) is 6.82.